The first-order chi connectivity index (χ1) is 11.0. The standard InChI is InChI=1S/C15H16ClN3O3S/c1-3-6-17-15-19-14(21)12(23-15)8-13(20)18-9-4-5-11(22-2)10(16)7-9/h3-5,7,12H,1,6,8H2,2H3,(H,18,20)(H,17,19,21)/t12-/m0/s1. The average Bonchev–Trinajstić information content (AvgIpc) is 2.85. The SMILES string of the molecule is C=CCN=C1NC(=O)[C@H](CC(=O)Nc2ccc(OC)c(Cl)c2)S1. The molecule has 0 aromatic heterocycles. The largest absolute Gasteiger partial charge is 0.495 e. The van der Waals surface area contributed by atoms with Gasteiger partial charge in [0.05, 0.1) is 18.7 Å². The van der Waals surface area contributed by atoms with Gasteiger partial charge in [-0.3, -0.25) is 14.6 Å². The minimum atomic E-state index is -0.493. The summed E-state index contributed by atoms with van der Waals surface area (Å²) in [5, 5.41) is 5.77. The van der Waals surface area contributed by atoms with Crippen molar-refractivity contribution < 1.29 is 14.3 Å². The van der Waals surface area contributed by atoms with Crippen molar-refractivity contribution in [1.82, 2.24) is 5.32 Å². The van der Waals surface area contributed by atoms with Crippen molar-refractivity contribution in [1.29, 1.82) is 0 Å². The van der Waals surface area contributed by atoms with E-state index in [-0.39, 0.29) is 18.2 Å². The number of thioether (sulfide) groups is 1. The molecule has 0 unspecified atom stereocenters. The Morgan fingerprint density at radius 3 is 3.04 bits per heavy atom. The number of methoxy groups -OCH3 is 1. The first-order valence-electron chi connectivity index (χ1n) is 6.79. The van der Waals surface area contributed by atoms with Crippen LogP contribution in [0, 0.1) is 0 Å². The maximum atomic E-state index is 12.1. The monoisotopic (exact) mass is 353 g/mol. The van der Waals surface area contributed by atoms with Crippen molar-refractivity contribution in [2.75, 3.05) is 19.0 Å². The summed E-state index contributed by atoms with van der Waals surface area (Å²) in [6.45, 7) is 3.98. The van der Waals surface area contributed by atoms with E-state index in [9.17, 15) is 9.59 Å². The number of halogens is 1. The van der Waals surface area contributed by atoms with E-state index in [1.54, 1.807) is 24.3 Å². The molecule has 1 aliphatic heterocycles. The second-order valence-electron chi connectivity index (χ2n) is 4.63. The number of anilines is 1. The highest BCUT2D eigenvalue weighted by Crippen LogP contribution is 2.28. The zero-order chi connectivity index (χ0) is 16.8. The van der Waals surface area contributed by atoms with Crippen LogP contribution in [0.25, 0.3) is 0 Å². The molecular formula is C15H16ClN3O3S. The average molecular weight is 354 g/mol. The van der Waals surface area contributed by atoms with E-state index in [1.807, 2.05) is 0 Å². The van der Waals surface area contributed by atoms with Gasteiger partial charge in [-0.2, -0.15) is 0 Å². The molecule has 1 aromatic rings. The molecule has 1 saturated heterocycles. The number of hydrogen-bond acceptors (Lipinski definition) is 5. The van der Waals surface area contributed by atoms with Crippen molar-refractivity contribution in [3.63, 3.8) is 0 Å². The third kappa shape index (κ3) is 4.74. The van der Waals surface area contributed by atoms with Gasteiger partial charge in [0.15, 0.2) is 5.17 Å². The second-order valence-corrected chi connectivity index (χ2v) is 6.23. The Kier molecular flexibility index (Phi) is 6.06. The Labute approximate surface area is 143 Å². The topological polar surface area (TPSA) is 79.8 Å². The smallest absolute Gasteiger partial charge is 0.240 e. The number of nitrogens with zero attached hydrogens (tertiary/aromatic N) is 1. The first kappa shape index (κ1) is 17.4. The molecule has 1 atom stereocenters. The molecular weight excluding hydrogens is 338 g/mol. The van der Waals surface area contributed by atoms with Crippen LogP contribution in [0.1, 0.15) is 6.42 Å². The predicted octanol–water partition coefficient (Wildman–Crippen LogP) is 2.45. The van der Waals surface area contributed by atoms with Crippen LogP contribution < -0.4 is 15.4 Å². The molecule has 0 radical (unpaired) electrons. The Bertz CT molecular complexity index is 663. The van der Waals surface area contributed by atoms with Gasteiger partial charge < -0.3 is 15.4 Å². The maximum Gasteiger partial charge on any atom is 0.240 e. The summed E-state index contributed by atoms with van der Waals surface area (Å²) < 4.78 is 5.05. The molecule has 2 amide bonds. The lowest BCUT2D eigenvalue weighted by atomic mass is 10.2. The van der Waals surface area contributed by atoms with Gasteiger partial charge in [0.2, 0.25) is 11.8 Å². The maximum absolute atomic E-state index is 12.1. The summed E-state index contributed by atoms with van der Waals surface area (Å²) in [5.74, 6) is 0.0306. The summed E-state index contributed by atoms with van der Waals surface area (Å²) in [6, 6.07) is 4.94. The quantitative estimate of drug-likeness (QED) is 0.770. The summed E-state index contributed by atoms with van der Waals surface area (Å²) in [6.07, 6.45) is 1.68. The molecule has 122 valence electrons. The molecule has 0 spiro atoms. The van der Waals surface area contributed by atoms with Crippen molar-refractivity contribution >= 4 is 46.0 Å². The third-order valence-electron chi connectivity index (χ3n) is 2.95. The van der Waals surface area contributed by atoms with Crippen LogP contribution in [-0.4, -0.2) is 35.9 Å². The van der Waals surface area contributed by atoms with Crippen LogP contribution >= 0.6 is 23.4 Å². The van der Waals surface area contributed by atoms with E-state index >= 15 is 0 Å². The molecule has 23 heavy (non-hydrogen) atoms. The molecule has 6 nitrogen and oxygen atoms in total. The number of nitrogens with one attached hydrogen (secondary N) is 2. The van der Waals surface area contributed by atoms with Crippen molar-refractivity contribution in [2.24, 2.45) is 4.99 Å². The van der Waals surface area contributed by atoms with Crippen LogP contribution in [0.2, 0.25) is 5.02 Å². The Balaban J connectivity index is 1.93. The number of hydrogen-bond donors (Lipinski definition) is 2. The molecule has 1 aromatic carbocycles. The molecule has 2 rings (SSSR count). The number of amides is 2. The Hall–Kier alpha value is -1.99. The first-order valence-corrected chi connectivity index (χ1v) is 8.05. The normalized spacial score (nSPS) is 18.6. The fraction of sp³-hybridized carbons (Fsp3) is 0.267. The molecule has 0 saturated carbocycles. The molecule has 0 aliphatic carbocycles. The van der Waals surface area contributed by atoms with Crippen LogP contribution in [0.4, 0.5) is 5.69 Å². The summed E-state index contributed by atoms with van der Waals surface area (Å²) in [7, 11) is 1.51. The van der Waals surface area contributed by atoms with Gasteiger partial charge in [-0.25, -0.2) is 0 Å². The van der Waals surface area contributed by atoms with Gasteiger partial charge in [0.25, 0.3) is 0 Å². The number of aliphatic imine (C=N–C) groups is 1. The van der Waals surface area contributed by atoms with Gasteiger partial charge in [0, 0.05) is 12.1 Å². The van der Waals surface area contributed by atoms with E-state index < -0.39 is 5.25 Å². The van der Waals surface area contributed by atoms with Crippen LogP contribution in [0.3, 0.4) is 0 Å². The lowest BCUT2D eigenvalue weighted by molar-refractivity contribution is -0.122. The van der Waals surface area contributed by atoms with Crippen LogP contribution in [-0.2, 0) is 9.59 Å². The predicted molar refractivity (Wildman–Crippen MR) is 93.3 cm³/mol. The lowest BCUT2D eigenvalue weighted by Crippen LogP contribution is -2.28. The minimum Gasteiger partial charge on any atom is -0.495 e. The van der Waals surface area contributed by atoms with E-state index in [4.69, 9.17) is 16.3 Å². The van der Waals surface area contributed by atoms with Crippen LogP contribution in [0.5, 0.6) is 5.75 Å². The van der Waals surface area contributed by atoms with Crippen LogP contribution in [0.15, 0.2) is 35.8 Å². The molecule has 0 bridgehead atoms. The highest BCUT2D eigenvalue weighted by molar-refractivity contribution is 8.15. The van der Waals surface area contributed by atoms with Gasteiger partial charge in [0.1, 0.15) is 11.0 Å². The van der Waals surface area contributed by atoms with E-state index in [1.165, 1.54) is 18.9 Å². The van der Waals surface area contributed by atoms with Gasteiger partial charge in [-0.1, -0.05) is 29.4 Å². The lowest BCUT2D eigenvalue weighted by Gasteiger charge is -2.09. The summed E-state index contributed by atoms with van der Waals surface area (Å²) in [5.41, 5.74) is 0.546. The second kappa shape index (κ2) is 8.03. The van der Waals surface area contributed by atoms with Gasteiger partial charge in [-0.15, -0.1) is 6.58 Å². The highest BCUT2D eigenvalue weighted by Gasteiger charge is 2.31. The molecule has 8 heteroatoms. The van der Waals surface area contributed by atoms with Crippen molar-refractivity contribution in [2.45, 2.75) is 11.7 Å². The number of amidine groups is 1. The van der Waals surface area contributed by atoms with Crippen molar-refractivity contribution in [3.05, 3.63) is 35.9 Å². The zero-order valence-electron chi connectivity index (χ0n) is 12.5. The number of carbonyl (C=O) groups is 2. The molecule has 1 fully saturated rings. The Morgan fingerprint density at radius 1 is 1.61 bits per heavy atom. The zero-order valence-corrected chi connectivity index (χ0v) is 14.0. The third-order valence-corrected chi connectivity index (χ3v) is 4.36. The van der Waals surface area contributed by atoms with E-state index in [0.29, 0.717) is 28.2 Å². The Morgan fingerprint density at radius 2 is 2.39 bits per heavy atom. The minimum absolute atomic E-state index is 0.0489. The van der Waals surface area contributed by atoms with E-state index in [2.05, 4.69) is 22.2 Å². The van der Waals surface area contributed by atoms with Gasteiger partial charge >= 0.3 is 0 Å². The van der Waals surface area contributed by atoms with Crippen molar-refractivity contribution in [3.8, 4) is 5.75 Å². The fourth-order valence-electron chi connectivity index (χ4n) is 1.89. The number of benzene rings is 1. The van der Waals surface area contributed by atoms with E-state index in [0.717, 1.165) is 0 Å². The number of carbonyl (C=O) groups excluding carboxylic acids is 2. The number of rotatable bonds is 6. The fourth-order valence-corrected chi connectivity index (χ4v) is 3.12. The molecule has 2 N–H and O–H groups in total. The highest BCUT2D eigenvalue weighted by atomic mass is 35.5. The molecule has 1 heterocycles. The molecule has 1 aliphatic rings. The summed E-state index contributed by atoms with van der Waals surface area (Å²) >= 11 is 7.25. The summed E-state index contributed by atoms with van der Waals surface area (Å²) in [4.78, 5) is 28.0. The number of ether oxygens (including phenoxy) is 1. The van der Waals surface area contributed by atoms with Gasteiger partial charge in [-0.05, 0) is 18.2 Å².